The Hall–Kier alpha value is -2.45. The number of piperidine rings is 1. The molecule has 0 spiro atoms. The summed E-state index contributed by atoms with van der Waals surface area (Å²) < 4.78 is 0.307. The molecule has 2 amide bonds. The number of hydrogen-bond donors (Lipinski definition) is 1. The molecule has 0 radical (unpaired) electrons. The van der Waals surface area contributed by atoms with E-state index in [1.165, 1.54) is 9.80 Å². The topological polar surface area (TPSA) is 77.9 Å². The van der Waals surface area contributed by atoms with E-state index in [-0.39, 0.29) is 18.4 Å². The van der Waals surface area contributed by atoms with Gasteiger partial charge in [0, 0.05) is 6.54 Å². The van der Waals surface area contributed by atoms with E-state index >= 15 is 0 Å². The summed E-state index contributed by atoms with van der Waals surface area (Å²) in [6.07, 6.45) is 7.30. The highest BCUT2D eigenvalue weighted by Gasteiger charge is 2.37. The molecule has 0 aromatic heterocycles. The number of carboxylic acids is 1. The third kappa shape index (κ3) is 4.69. The van der Waals surface area contributed by atoms with E-state index < -0.39 is 12.0 Å². The molecule has 1 atom stereocenters. The molecular formula is C20H20N2O4S2. The van der Waals surface area contributed by atoms with Crippen molar-refractivity contribution < 1.29 is 19.5 Å². The van der Waals surface area contributed by atoms with E-state index in [1.807, 2.05) is 36.4 Å². The Morgan fingerprint density at radius 2 is 2.00 bits per heavy atom. The SMILES string of the molecule is O=C(O)C1CCCCN1C(=O)CN1C(=O)C(=CC=Cc2ccccc2)SC1=S. The zero-order valence-electron chi connectivity index (χ0n) is 15.1. The van der Waals surface area contributed by atoms with Crippen molar-refractivity contribution in [3.8, 4) is 0 Å². The second kappa shape index (κ2) is 9.16. The number of carboxylic acid groups (broad SMARTS) is 1. The van der Waals surface area contributed by atoms with Gasteiger partial charge in [-0.05, 0) is 30.9 Å². The van der Waals surface area contributed by atoms with Gasteiger partial charge < -0.3 is 10.0 Å². The Balaban J connectivity index is 1.66. The van der Waals surface area contributed by atoms with Crippen molar-refractivity contribution in [1.82, 2.24) is 9.80 Å². The summed E-state index contributed by atoms with van der Waals surface area (Å²) in [5.41, 5.74) is 1.01. The van der Waals surface area contributed by atoms with Crippen LogP contribution in [-0.4, -0.2) is 56.1 Å². The van der Waals surface area contributed by atoms with Crippen molar-refractivity contribution in [3.05, 3.63) is 53.0 Å². The maximum atomic E-state index is 12.6. The van der Waals surface area contributed by atoms with Crippen LogP contribution in [0.25, 0.3) is 6.08 Å². The fraction of sp³-hybridized carbons (Fsp3) is 0.300. The molecule has 1 N–H and O–H groups in total. The van der Waals surface area contributed by atoms with Crippen LogP contribution in [0.1, 0.15) is 24.8 Å². The lowest BCUT2D eigenvalue weighted by molar-refractivity contribution is -0.152. The average Bonchev–Trinajstić information content (AvgIpc) is 2.96. The molecule has 8 heteroatoms. The number of carbonyl (C=O) groups excluding carboxylic acids is 2. The first kappa shape index (κ1) is 20.3. The van der Waals surface area contributed by atoms with E-state index in [0.29, 0.717) is 22.2 Å². The molecule has 0 aliphatic carbocycles. The van der Waals surface area contributed by atoms with Gasteiger partial charge in [0.15, 0.2) is 0 Å². The van der Waals surface area contributed by atoms with Gasteiger partial charge in [-0.2, -0.15) is 0 Å². The predicted molar refractivity (Wildman–Crippen MR) is 112 cm³/mol. The molecule has 0 bridgehead atoms. The van der Waals surface area contributed by atoms with Crippen LogP contribution in [0, 0.1) is 0 Å². The molecule has 2 aliphatic rings. The van der Waals surface area contributed by atoms with Gasteiger partial charge in [0.1, 0.15) is 16.9 Å². The van der Waals surface area contributed by atoms with Crippen molar-refractivity contribution in [2.24, 2.45) is 0 Å². The molecule has 2 aliphatic heterocycles. The molecule has 1 unspecified atom stereocenters. The predicted octanol–water partition coefficient (Wildman–Crippen LogP) is 2.91. The number of allylic oxidation sites excluding steroid dienone is 2. The van der Waals surface area contributed by atoms with Gasteiger partial charge in [-0.15, -0.1) is 0 Å². The lowest BCUT2D eigenvalue weighted by Crippen LogP contribution is -2.51. The van der Waals surface area contributed by atoms with Crippen molar-refractivity contribution in [2.45, 2.75) is 25.3 Å². The summed E-state index contributed by atoms with van der Waals surface area (Å²) in [6.45, 7) is 0.161. The third-order valence-electron chi connectivity index (χ3n) is 4.61. The van der Waals surface area contributed by atoms with Crippen LogP contribution in [-0.2, 0) is 14.4 Å². The van der Waals surface area contributed by atoms with Crippen LogP contribution in [0.2, 0.25) is 0 Å². The number of benzene rings is 1. The molecule has 28 heavy (non-hydrogen) atoms. The lowest BCUT2D eigenvalue weighted by atomic mass is 10.0. The number of thioether (sulfide) groups is 1. The van der Waals surface area contributed by atoms with Crippen molar-refractivity contribution in [2.75, 3.05) is 13.1 Å². The first-order chi connectivity index (χ1) is 13.5. The summed E-state index contributed by atoms with van der Waals surface area (Å²) in [5, 5.41) is 9.33. The molecule has 2 heterocycles. The smallest absolute Gasteiger partial charge is 0.326 e. The molecule has 0 saturated carbocycles. The lowest BCUT2D eigenvalue weighted by Gasteiger charge is -2.33. The van der Waals surface area contributed by atoms with E-state index in [9.17, 15) is 19.5 Å². The summed E-state index contributed by atoms with van der Waals surface area (Å²) in [7, 11) is 0. The highest BCUT2D eigenvalue weighted by Crippen LogP contribution is 2.31. The number of amides is 2. The van der Waals surface area contributed by atoms with Gasteiger partial charge in [0.05, 0.1) is 4.91 Å². The number of likely N-dealkylation sites (tertiary alicyclic amines) is 1. The standard InChI is InChI=1S/C20H20N2O4S2/c23-17(21-12-5-4-10-15(21)19(25)26)13-22-18(24)16(28-20(22)27)11-6-9-14-7-2-1-3-8-14/h1-3,6-9,11,15H,4-5,10,12-13H2,(H,25,26). The molecule has 2 saturated heterocycles. The van der Waals surface area contributed by atoms with Crippen LogP contribution in [0.3, 0.4) is 0 Å². The number of carbonyl (C=O) groups is 3. The number of aliphatic carboxylic acids is 1. The largest absolute Gasteiger partial charge is 0.480 e. The van der Waals surface area contributed by atoms with Crippen LogP contribution in [0.15, 0.2) is 47.4 Å². The van der Waals surface area contributed by atoms with E-state index in [2.05, 4.69) is 0 Å². The summed E-state index contributed by atoms with van der Waals surface area (Å²) in [6, 6.07) is 8.85. The Bertz CT molecular complexity index is 851. The average molecular weight is 417 g/mol. The Kier molecular flexibility index (Phi) is 6.64. The van der Waals surface area contributed by atoms with Crippen LogP contribution in [0.4, 0.5) is 0 Å². The minimum Gasteiger partial charge on any atom is -0.480 e. The van der Waals surface area contributed by atoms with Gasteiger partial charge in [0.2, 0.25) is 5.91 Å². The number of nitrogens with zero attached hydrogens (tertiary/aromatic N) is 2. The molecule has 146 valence electrons. The van der Waals surface area contributed by atoms with Crippen LogP contribution < -0.4 is 0 Å². The van der Waals surface area contributed by atoms with Gasteiger partial charge >= 0.3 is 5.97 Å². The van der Waals surface area contributed by atoms with Crippen LogP contribution >= 0.6 is 24.0 Å². The maximum absolute atomic E-state index is 12.6. The van der Waals surface area contributed by atoms with Crippen molar-refractivity contribution >= 4 is 52.2 Å². The van der Waals surface area contributed by atoms with E-state index in [0.717, 1.165) is 30.2 Å². The number of hydrogen-bond acceptors (Lipinski definition) is 5. The molecule has 2 fully saturated rings. The summed E-state index contributed by atoms with van der Waals surface area (Å²) in [5.74, 6) is -1.72. The molecule has 1 aromatic carbocycles. The Morgan fingerprint density at radius 3 is 2.71 bits per heavy atom. The van der Waals surface area contributed by atoms with Gasteiger partial charge in [-0.25, -0.2) is 4.79 Å². The number of thiocarbonyl (C=S) groups is 1. The first-order valence-electron chi connectivity index (χ1n) is 8.97. The fourth-order valence-electron chi connectivity index (χ4n) is 3.17. The first-order valence-corrected chi connectivity index (χ1v) is 10.2. The van der Waals surface area contributed by atoms with Crippen molar-refractivity contribution in [1.29, 1.82) is 0 Å². The fourth-order valence-corrected chi connectivity index (χ4v) is 4.38. The minimum absolute atomic E-state index is 0.228. The number of rotatable bonds is 5. The maximum Gasteiger partial charge on any atom is 0.326 e. The molecule has 6 nitrogen and oxygen atoms in total. The summed E-state index contributed by atoms with van der Waals surface area (Å²) >= 11 is 6.40. The second-order valence-electron chi connectivity index (χ2n) is 6.50. The van der Waals surface area contributed by atoms with Crippen molar-refractivity contribution in [3.63, 3.8) is 0 Å². The highest BCUT2D eigenvalue weighted by molar-refractivity contribution is 8.26. The minimum atomic E-state index is -1.01. The molecule has 1 aromatic rings. The van der Waals surface area contributed by atoms with E-state index in [4.69, 9.17) is 12.2 Å². The van der Waals surface area contributed by atoms with Gasteiger partial charge in [0.25, 0.3) is 5.91 Å². The third-order valence-corrected chi connectivity index (χ3v) is 6.01. The van der Waals surface area contributed by atoms with Gasteiger partial charge in [-0.1, -0.05) is 66.5 Å². The highest BCUT2D eigenvalue weighted by atomic mass is 32.2. The Labute approximate surface area is 172 Å². The van der Waals surface area contributed by atoms with Crippen LogP contribution in [0.5, 0.6) is 0 Å². The summed E-state index contributed by atoms with van der Waals surface area (Å²) in [4.78, 5) is 39.7. The normalized spacial score (nSPS) is 21.7. The molecule has 3 rings (SSSR count). The monoisotopic (exact) mass is 416 g/mol. The molecular weight excluding hydrogens is 396 g/mol. The Morgan fingerprint density at radius 1 is 1.25 bits per heavy atom. The zero-order valence-corrected chi connectivity index (χ0v) is 16.7. The van der Waals surface area contributed by atoms with Gasteiger partial charge in [-0.3, -0.25) is 14.5 Å². The quantitative estimate of drug-likeness (QED) is 0.587. The zero-order chi connectivity index (χ0) is 20.1. The second-order valence-corrected chi connectivity index (χ2v) is 8.17. The van der Waals surface area contributed by atoms with E-state index in [1.54, 1.807) is 12.2 Å².